The zero-order valence-electron chi connectivity index (χ0n) is 12.3. The minimum absolute atomic E-state index is 0.255. The fraction of sp³-hybridized carbons (Fsp3) is 0.400. The van der Waals surface area contributed by atoms with E-state index in [9.17, 15) is 14.7 Å². The number of nitrogens with zero attached hydrogens (tertiary/aromatic N) is 2. The van der Waals surface area contributed by atoms with Crippen LogP contribution in [-0.2, 0) is 4.79 Å². The number of carboxylic acid groups (broad SMARTS) is 1. The molecule has 6 nitrogen and oxygen atoms in total. The molecule has 1 unspecified atom stereocenters. The number of thiazole rings is 1. The van der Waals surface area contributed by atoms with Gasteiger partial charge in [-0.15, -0.1) is 11.3 Å². The molecule has 0 bridgehead atoms. The van der Waals surface area contributed by atoms with Gasteiger partial charge in [0.05, 0.1) is 5.69 Å². The van der Waals surface area contributed by atoms with Crippen molar-refractivity contribution in [3.05, 3.63) is 28.5 Å². The Hall–Kier alpha value is -2.15. The molecule has 116 valence electrons. The smallest absolute Gasteiger partial charge is 0.326 e. The number of aromatic nitrogens is 1. The second-order valence-corrected chi connectivity index (χ2v) is 6.34. The Morgan fingerprint density at radius 1 is 1.41 bits per heavy atom. The summed E-state index contributed by atoms with van der Waals surface area (Å²) >= 11 is 1.25. The van der Waals surface area contributed by atoms with Gasteiger partial charge in [0.2, 0.25) is 0 Å². The molecule has 1 N–H and O–H groups in total. The third-order valence-corrected chi connectivity index (χ3v) is 4.90. The lowest BCUT2D eigenvalue weighted by atomic mass is 10.2. The van der Waals surface area contributed by atoms with E-state index < -0.39 is 12.0 Å². The SMILES string of the molecule is Cc1ccc(-c2nc(C)c(C(=O)N3CCCC3C(=O)O)s2)o1. The molecule has 1 amide bonds. The van der Waals surface area contributed by atoms with Crippen molar-refractivity contribution in [1.82, 2.24) is 9.88 Å². The van der Waals surface area contributed by atoms with Crippen molar-refractivity contribution in [3.63, 3.8) is 0 Å². The molecule has 3 rings (SSSR count). The zero-order chi connectivity index (χ0) is 15.9. The molecular formula is C15H16N2O4S. The van der Waals surface area contributed by atoms with E-state index >= 15 is 0 Å². The summed E-state index contributed by atoms with van der Waals surface area (Å²) in [6.07, 6.45) is 1.22. The van der Waals surface area contributed by atoms with Crippen molar-refractivity contribution < 1.29 is 19.1 Å². The Bertz CT molecular complexity index is 734. The Balaban J connectivity index is 1.90. The average Bonchev–Trinajstić information content (AvgIpc) is 3.16. The van der Waals surface area contributed by atoms with Crippen molar-refractivity contribution in [3.8, 4) is 10.8 Å². The summed E-state index contributed by atoms with van der Waals surface area (Å²) in [4.78, 5) is 30.2. The number of carboxylic acids is 1. The molecule has 0 aliphatic carbocycles. The third-order valence-electron chi connectivity index (χ3n) is 3.74. The van der Waals surface area contributed by atoms with Gasteiger partial charge in [0.15, 0.2) is 10.8 Å². The van der Waals surface area contributed by atoms with Crippen LogP contribution in [0.5, 0.6) is 0 Å². The van der Waals surface area contributed by atoms with Gasteiger partial charge in [-0.2, -0.15) is 0 Å². The highest BCUT2D eigenvalue weighted by Gasteiger charge is 2.36. The highest BCUT2D eigenvalue weighted by molar-refractivity contribution is 7.17. The third kappa shape index (κ3) is 2.52. The molecule has 0 saturated carbocycles. The van der Waals surface area contributed by atoms with E-state index in [0.717, 1.165) is 5.76 Å². The van der Waals surface area contributed by atoms with Crippen LogP contribution < -0.4 is 0 Å². The van der Waals surface area contributed by atoms with E-state index in [1.165, 1.54) is 16.2 Å². The second-order valence-electron chi connectivity index (χ2n) is 5.34. The molecule has 22 heavy (non-hydrogen) atoms. The first-order valence-corrected chi connectivity index (χ1v) is 7.87. The van der Waals surface area contributed by atoms with Crippen LogP contribution in [0, 0.1) is 13.8 Å². The van der Waals surface area contributed by atoms with Crippen molar-refractivity contribution in [2.75, 3.05) is 6.54 Å². The highest BCUT2D eigenvalue weighted by Crippen LogP contribution is 2.31. The lowest BCUT2D eigenvalue weighted by Gasteiger charge is -2.20. The predicted octanol–water partition coefficient (Wildman–Crippen LogP) is 2.71. The van der Waals surface area contributed by atoms with Crippen LogP contribution in [0.1, 0.15) is 34.0 Å². The number of amides is 1. The van der Waals surface area contributed by atoms with Crippen LogP contribution in [0.15, 0.2) is 16.5 Å². The van der Waals surface area contributed by atoms with Gasteiger partial charge in [-0.3, -0.25) is 4.79 Å². The highest BCUT2D eigenvalue weighted by atomic mass is 32.1. The van der Waals surface area contributed by atoms with Crippen molar-refractivity contribution in [1.29, 1.82) is 0 Å². The zero-order valence-corrected chi connectivity index (χ0v) is 13.1. The number of aliphatic carboxylic acids is 1. The van der Waals surface area contributed by atoms with Crippen LogP contribution in [0.3, 0.4) is 0 Å². The number of furan rings is 1. The lowest BCUT2D eigenvalue weighted by molar-refractivity contribution is -0.141. The molecule has 0 spiro atoms. The van der Waals surface area contributed by atoms with E-state index in [4.69, 9.17) is 4.42 Å². The summed E-state index contributed by atoms with van der Waals surface area (Å²) in [5.74, 6) is 0.200. The Morgan fingerprint density at radius 2 is 2.18 bits per heavy atom. The largest absolute Gasteiger partial charge is 0.480 e. The number of carbonyl (C=O) groups excluding carboxylic acids is 1. The number of hydrogen-bond donors (Lipinski definition) is 1. The molecular weight excluding hydrogens is 304 g/mol. The first-order valence-electron chi connectivity index (χ1n) is 7.05. The molecule has 2 aromatic rings. The Labute approximate surface area is 131 Å². The van der Waals surface area contributed by atoms with Crippen molar-refractivity contribution >= 4 is 23.2 Å². The quantitative estimate of drug-likeness (QED) is 0.940. The monoisotopic (exact) mass is 320 g/mol. The van der Waals surface area contributed by atoms with Gasteiger partial charge in [0, 0.05) is 6.54 Å². The molecule has 2 aromatic heterocycles. The van der Waals surface area contributed by atoms with E-state index in [2.05, 4.69) is 4.98 Å². The van der Waals surface area contributed by atoms with Gasteiger partial charge in [-0.1, -0.05) is 0 Å². The first-order chi connectivity index (χ1) is 10.5. The van der Waals surface area contributed by atoms with Gasteiger partial charge in [-0.05, 0) is 38.8 Å². The van der Waals surface area contributed by atoms with Crippen LogP contribution in [-0.4, -0.2) is 39.5 Å². The van der Waals surface area contributed by atoms with Gasteiger partial charge in [0.25, 0.3) is 5.91 Å². The van der Waals surface area contributed by atoms with Gasteiger partial charge < -0.3 is 14.4 Å². The van der Waals surface area contributed by atoms with Crippen LogP contribution >= 0.6 is 11.3 Å². The second kappa shape index (κ2) is 5.57. The fourth-order valence-electron chi connectivity index (χ4n) is 2.65. The van der Waals surface area contributed by atoms with E-state index in [-0.39, 0.29) is 5.91 Å². The van der Waals surface area contributed by atoms with E-state index in [1.54, 1.807) is 6.92 Å². The number of likely N-dealkylation sites (tertiary alicyclic amines) is 1. The summed E-state index contributed by atoms with van der Waals surface area (Å²) in [7, 11) is 0. The normalized spacial score (nSPS) is 17.9. The number of aryl methyl sites for hydroxylation is 2. The minimum Gasteiger partial charge on any atom is -0.480 e. The van der Waals surface area contributed by atoms with E-state index in [0.29, 0.717) is 40.7 Å². The fourth-order valence-corrected chi connectivity index (χ4v) is 3.63. The first kappa shape index (κ1) is 14.8. The molecule has 1 atom stereocenters. The molecule has 1 aliphatic rings. The lowest BCUT2D eigenvalue weighted by Crippen LogP contribution is -2.40. The van der Waals surface area contributed by atoms with Crippen LogP contribution in [0.4, 0.5) is 0 Å². The number of hydrogen-bond acceptors (Lipinski definition) is 5. The number of rotatable bonds is 3. The summed E-state index contributed by atoms with van der Waals surface area (Å²) in [6.45, 7) is 4.08. The van der Waals surface area contributed by atoms with E-state index in [1.807, 2.05) is 19.1 Å². The summed E-state index contributed by atoms with van der Waals surface area (Å²) < 4.78 is 5.53. The minimum atomic E-state index is -0.949. The van der Waals surface area contributed by atoms with Gasteiger partial charge in [0.1, 0.15) is 16.7 Å². The van der Waals surface area contributed by atoms with Crippen molar-refractivity contribution in [2.24, 2.45) is 0 Å². The molecule has 1 saturated heterocycles. The average molecular weight is 320 g/mol. The summed E-state index contributed by atoms with van der Waals surface area (Å²) in [5.41, 5.74) is 0.607. The topological polar surface area (TPSA) is 83.6 Å². The van der Waals surface area contributed by atoms with Crippen molar-refractivity contribution in [2.45, 2.75) is 32.7 Å². The summed E-state index contributed by atoms with van der Waals surface area (Å²) in [5, 5.41) is 9.85. The standard InChI is InChI=1S/C15H16N2O4S/c1-8-5-6-11(21-8)13-16-9(2)12(22-13)14(18)17-7-3-4-10(17)15(19)20/h5-6,10H,3-4,7H2,1-2H3,(H,19,20). The van der Waals surface area contributed by atoms with Gasteiger partial charge >= 0.3 is 5.97 Å². The molecule has 0 radical (unpaired) electrons. The molecule has 0 aromatic carbocycles. The predicted molar refractivity (Wildman–Crippen MR) is 81.0 cm³/mol. The molecule has 3 heterocycles. The number of carbonyl (C=O) groups is 2. The maximum atomic E-state index is 12.6. The van der Waals surface area contributed by atoms with Gasteiger partial charge in [-0.25, -0.2) is 9.78 Å². The molecule has 1 fully saturated rings. The molecule has 1 aliphatic heterocycles. The molecule has 7 heteroatoms. The van der Waals surface area contributed by atoms with Crippen LogP contribution in [0.25, 0.3) is 10.8 Å². The Kier molecular flexibility index (Phi) is 3.74. The van der Waals surface area contributed by atoms with Crippen LogP contribution in [0.2, 0.25) is 0 Å². The Morgan fingerprint density at radius 3 is 2.82 bits per heavy atom. The maximum Gasteiger partial charge on any atom is 0.326 e. The summed E-state index contributed by atoms with van der Waals surface area (Å²) in [6, 6.07) is 2.93. The maximum absolute atomic E-state index is 12.6.